The summed E-state index contributed by atoms with van der Waals surface area (Å²) in [4.78, 5) is 12.0. The predicted molar refractivity (Wildman–Crippen MR) is 106 cm³/mol. The van der Waals surface area contributed by atoms with Crippen LogP contribution in [0.3, 0.4) is 0 Å². The summed E-state index contributed by atoms with van der Waals surface area (Å²) in [5.41, 5.74) is 2.64. The summed E-state index contributed by atoms with van der Waals surface area (Å²) in [5.74, 6) is 2.07. The van der Waals surface area contributed by atoms with Crippen molar-refractivity contribution in [2.75, 3.05) is 19.9 Å². The maximum absolute atomic E-state index is 12.0. The summed E-state index contributed by atoms with van der Waals surface area (Å²) >= 11 is 0. The van der Waals surface area contributed by atoms with Gasteiger partial charge >= 0.3 is 0 Å². The van der Waals surface area contributed by atoms with Crippen LogP contribution in [0.25, 0.3) is 11.3 Å². The number of fused-ring (bicyclic) bond motifs is 1. The van der Waals surface area contributed by atoms with E-state index in [2.05, 4.69) is 29.5 Å². The van der Waals surface area contributed by atoms with Crippen molar-refractivity contribution in [3.63, 3.8) is 0 Å². The first-order valence-corrected chi connectivity index (χ1v) is 9.44. The van der Waals surface area contributed by atoms with Crippen molar-refractivity contribution in [1.29, 1.82) is 0 Å². The monoisotopic (exact) mass is 394 g/mol. The van der Waals surface area contributed by atoms with Gasteiger partial charge in [0, 0.05) is 18.2 Å². The molecule has 0 unspecified atom stereocenters. The second kappa shape index (κ2) is 8.79. The minimum Gasteiger partial charge on any atom is -0.454 e. The maximum atomic E-state index is 12.0. The van der Waals surface area contributed by atoms with E-state index in [4.69, 9.17) is 18.7 Å². The first-order chi connectivity index (χ1) is 14.2. The number of nitrogens with one attached hydrogen (secondary N) is 1. The van der Waals surface area contributed by atoms with Gasteiger partial charge < -0.3 is 24.1 Å². The fraction of sp³-hybridized carbons (Fsp3) is 0.273. The molecule has 0 saturated carbocycles. The second-order valence-corrected chi connectivity index (χ2v) is 6.86. The summed E-state index contributed by atoms with van der Waals surface area (Å²) in [7, 11) is 0. The lowest BCUT2D eigenvalue weighted by molar-refractivity contribution is -0.126. The maximum Gasteiger partial charge on any atom is 0.246 e. The Bertz CT molecular complexity index is 970. The molecule has 150 valence electrons. The van der Waals surface area contributed by atoms with Gasteiger partial charge in [-0.15, -0.1) is 0 Å². The number of carbonyl (C=O) groups excluding carboxylic acids is 1. The molecular weight excluding hydrogens is 372 g/mol. The number of carbonyl (C=O) groups is 1. The van der Waals surface area contributed by atoms with Gasteiger partial charge in [0.2, 0.25) is 12.7 Å². The highest BCUT2D eigenvalue weighted by atomic mass is 16.7. The molecule has 1 aliphatic heterocycles. The van der Waals surface area contributed by atoms with Crippen molar-refractivity contribution in [3.05, 3.63) is 65.9 Å². The Morgan fingerprint density at radius 2 is 1.97 bits per heavy atom. The molecule has 0 fully saturated rings. The van der Waals surface area contributed by atoms with E-state index in [-0.39, 0.29) is 31.8 Å². The van der Waals surface area contributed by atoms with Crippen molar-refractivity contribution >= 4 is 5.91 Å². The molecule has 1 aliphatic rings. The Morgan fingerprint density at radius 1 is 1.14 bits per heavy atom. The number of amides is 1. The highest BCUT2D eigenvalue weighted by molar-refractivity contribution is 5.77. The minimum atomic E-state index is -0.160. The predicted octanol–water partition coefficient (Wildman–Crippen LogP) is 3.51. The van der Waals surface area contributed by atoms with Gasteiger partial charge in [0.25, 0.3) is 0 Å². The number of ether oxygens (including phenoxy) is 3. The number of rotatable bonds is 8. The third-order valence-corrected chi connectivity index (χ3v) is 4.67. The van der Waals surface area contributed by atoms with Gasteiger partial charge in [-0.3, -0.25) is 4.79 Å². The summed E-state index contributed by atoms with van der Waals surface area (Å²) in [6, 6.07) is 17.4. The summed E-state index contributed by atoms with van der Waals surface area (Å²) in [6.07, 6.45) is 0. The Kier molecular flexibility index (Phi) is 5.76. The number of hydrogen-bond acceptors (Lipinski definition) is 6. The second-order valence-electron chi connectivity index (χ2n) is 6.86. The van der Waals surface area contributed by atoms with E-state index in [0.717, 1.165) is 5.56 Å². The number of nitrogens with zero attached hydrogens (tertiary/aromatic N) is 1. The average molecular weight is 394 g/mol. The van der Waals surface area contributed by atoms with E-state index in [1.165, 1.54) is 5.56 Å². The first-order valence-electron chi connectivity index (χ1n) is 9.44. The molecule has 3 aromatic rings. The van der Waals surface area contributed by atoms with Crippen LogP contribution >= 0.6 is 0 Å². The quantitative estimate of drug-likeness (QED) is 0.630. The molecule has 1 N–H and O–H groups in total. The molecule has 0 aliphatic carbocycles. The smallest absolute Gasteiger partial charge is 0.246 e. The van der Waals surface area contributed by atoms with Crippen LogP contribution in [0.1, 0.15) is 24.1 Å². The minimum absolute atomic E-state index is 0.0340. The zero-order valence-corrected chi connectivity index (χ0v) is 16.1. The first kappa shape index (κ1) is 19.0. The van der Waals surface area contributed by atoms with Crippen LogP contribution < -0.4 is 14.8 Å². The van der Waals surface area contributed by atoms with Crippen LogP contribution in [0.15, 0.2) is 59.1 Å². The zero-order valence-electron chi connectivity index (χ0n) is 16.1. The average Bonchev–Trinajstić information content (AvgIpc) is 3.41. The molecule has 0 bridgehead atoms. The Labute approximate surface area is 168 Å². The van der Waals surface area contributed by atoms with Gasteiger partial charge in [0.05, 0.1) is 6.61 Å². The van der Waals surface area contributed by atoms with E-state index in [1.807, 2.05) is 36.4 Å². The highest BCUT2D eigenvalue weighted by Gasteiger charge is 2.16. The molecule has 0 spiro atoms. The van der Waals surface area contributed by atoms with Crippen molar-refractivity contribution < 1.29 is 23.5 Å². The lowest BCUT2D eigenvalue weighted by Crippen LogP contribution is -2.30. The lowest BCUT2D eigenvalue weighted by atomic mass is 10.0. The van der Waals surface area contributed by atoms with Crippen LogP contribution in [0, 0.1) is 0 Å². The van der Waals surface area contributed by atoms with Crippen molar-refractivity contribution in [2.45, 2.75) is 19.4 Å². The van der Waals surface area contributed by atoms with Crippen molar-refractivity contribution in [3.8, 4) is 22.8 Å². The van der Waals surface area contributed by atoms with Crippen molar-refractivity contribution in [1.82, 2.24) is 10.5 Å². The molecule has 1 atom stereocenters. The van der Waals surface area contributed by atoms with Gasteiger partial charge in [-0.05, 0) is 29.7 Å². The molecule has 4 rings (SSSR count). The molecule has 7 nitrogen and oxygen atoms in total. The van der Waals surface area contributed by atoms with E-state index in [9.17, 15) is 4.79 Å². The molecule has 0 radical (unpaired) electrons. The Hall–Kier alpha value is -3.32. The molecule has 1 amide bonds. The van der Waals surface area contributed by atoms with Crippen LogP contribution in [0.5, 0.6) is 11.5 Å². The lowest BCUT2D eigenvalue weighted by Gasteiger charge is -2.13. The fourth-order valence-corrected chi connectivity index (χ4v) is 3.03. The van der Waals surface area contributed by atoms with Crippen LogP contribution in [0.4, 0.5) is 0 Å². The van der Waals surface area contributed by atoms with Gasteiger partial charge in [0.15, 0.2) is 17.3 Å². The third kappa shape index (κ3) is 4.75. The van der Waals surface area contributed by atoms with E-state index >= 15 is 0 Å². The molecular formula is C22H22N2O5. The largest absolute Gasteiger partial charge is 0.454 e. The molecule has 1 aromatic heterocycles. The van der Waals surface area contributed by atoms with Crippen LogP contribution in [-0.2, 0) is 16.1 Å². The number of benzene rings is 2. The van der Waals surface area contributed by atoms with Crippen molar-refractivity contribution in [2.24, 2.45) is 0 Å². The van der Waals surface area contributed by atoms with Crippen LogP contribution in [0.2, 0.25) is 0 Å². The molecule has 2 aromatic carbocycles. The SMILES string of the molecule is C[C@H](CNC(=O)COCc1cc(-c2ccc3c(c2)OCO3)on1)c1ccccc1. The van der Waals surface area contributed by atoms with Gasteiger partial charge in [-0.1, -0.05) is 42.4 Å². The van der Waals surface area contributed by atoms with Gasteiger partial charge in [-0.2, -0.15) is 0 Å². The Morgan fingerprint density at radius 3 is 2.83 bits per heavy atom. The highest BCUT2D eigenvalue weighted by Crippen LogP contribution is 2.36. The van der Waals surface area contributed by atoms with Gasteiger partial charge in [-0.25, -0.2) is 0 Å². The standard InChI is InChI=1S/C22H22N2O5/c1-15(16-5-3-2-4-6-16)11-23-22(25)13-26-12-18-10-20(29-24-18)17-7-8-19-21(9-17)28-14-27-19/h2-10,15H,11-14H2,1H3,(H,23,25)/t15-/m1/s1. The normalized spacial score (nSPS) is 13.3. The topological polar surface area (TPSA) is 82.8 Å². The summed E-state index contributed by atoms with van der Waals surface area (Å²) in [5, 5.41) is 6.88. The fourth-order valence-electron chi connectivity index (χ4n) is 3.03. The number of hydrogen-bond donors (Lipinski definition) is 1. The Balaban J connectivity index is 1.22. The molecule has 0 saturated heterocycles. The third-order valence-electron chi connectivity index (χ3n) is 4.67. The zero-order chi connectivity index (χ0) is 20.1. The summed E-state index contributed by atoms with van der Waals surface area (Å²) < 4.78 is 21.5. The molecule has 7 heteroatoms. The summed E-state index contributed by atoms with van der Waals surface area (Å²) in [6.45, 7) is 3.01. The molecule has 29 heavy (non-hydrogen) atoms. The van der Waals surface area contributed by atoms with Crippen LogP contribution in [-0.4, -0.2) is 31.0 Å². The number of aromatic nitrogens is 1. The van der Waals surface area contributed by atoms with Gasteiger partial charge in [0.1, 0.15) is 12.3 Å². The van der Waals surface area contributed by atoms with E-state index in [1.54, 1.807) is 6.07 Å². The molecule has 2 heterocycles. The van der Waals surface area contributed by atoms with E-state index in [0.29, 0.717) is 29.5 Å². The van der Waals surface area contributed by atoms with E-state index < -0.39 is 0 Å².